The van der Waals surface area contributed by atoms with Crippen LogP contribution in [-0.4, -0.2) is 37.7 Å². The molecule has 0 aliphatic heterocycles. The van der Waals surface area contributed by atoms with E-state index in [1.165, 1.54) is 19.3 Å². The van der Waals surface area contributed by atoms with E-state index in [0.29, 0.717) is 22.8 Å². The molecule has 0 saturated heterocycles. The van der Waals surface area contributed by atoms with Gasteiger partial charge in [-0.3, -0.25) is 4.79 Å². The Hall–Kier alpha value is -4.26. The molecule has 0 heterocycles. The van der Waals surface area contributed by atoms with Gasteiger partial charge in [0.15, 0.2) is 35.4 Å². The molecule has 0 atom stereocenters. The highest BCUT2D eigenvalue weighted by atomic mass is 16.5. The average Bonchev–Trinajstić information content (AvgIpc) is 2.85. The fourth-order valence-corrected chi connectivity index (χ4v) is 2.99. The fraction of sp³-hybridized carbons (Fsp3) is 0.154. The fourth-order valence-electron chi connectivity index (χ4n) is 2.99. The molecule has 3 aromatic carbocycles. The van der Waals surface area contributed by atoms with Crippen molar-refractivity contribution >= 4 is 17.8 Å². The first kappa shape index (κ1) is 23.4. The summed E-state index contributed by atoms with van der Waals surface area (Å²) in [6.07, 6.45) is 3.07. The van der Waals surface area contributed by atoms with E-state index in [0.717, 1.165) is 11.1 Å². The lowest BCUT2D eigenvalue weighted by Crippen LogP contribution is -2.11. The average molecular weight is 448 g/mol. The van der Waals surface area contributed by atoms with E-state index in [9.17, 15) is 9.59 Å². The second-order valence-electron chi connectivity index (χ2n) is 6.93. The van der Waals surface area contributed by atoms with Crippen LogP contribution in [0.2, 0.25) is 0 Å². The van der Waals surface area contributed by atoms with Crippen LogP contribution in [0.5, 0.6) is 23.0 Å². The summed E-state index contributed by atoms with van der Waals surface area (Å²) in [6, 6.07) is 19.5. The molecule has 1 N–H and O–H groups in total. The van der Waals surface area contributed by atoms with Crippen LogP contribution in [0.1, 0.15) is 21.5 Å². The van der Waals surface area contributed by atoms with Crippen LogP contribution >= 0.6 is 0 Å². The van der Waals surface area contributed by atoms with Gasteiger partial charge in [0.1, 0.15) is 6.61 Å². The number of aliphatic carboxylic acids is 1. The highest BCUT2D eigenvalue weighted by Crippen LogP contribution is 2.30. The van der Waals surface area contributed by atoms with E-state index < -0.39 is 12.6 Å². The first-order chi connectivity index (χ1) is 16.0. The molecule has 170 valence electrons. The Morgan fingerprint density at radius 2 is 1.55 bits per heavy atom. The number of carboxylic acids is 1. The van der Waals surface area contributed by atoms with E-state index in [1.54, 1.807) is 43.5 Å². The number of ether oxygens (including phenoxy) is 4. The number of carbonyl (C=O) groups is 2. The number of ketones is 1. The SMILES string of the molecule is COc1ccc(C=CC(=O)c2ccc(OCc3ccccc3)c(OCC(=O)O)c2)cc1OC. The molecular formula is C26H24O7. The summed E-state index contributed by atoms with van der Waals surface area (Å²) in [4.78, 5) is 23.7. The maximum absolute atomic E-state index is 12.7. The molecule has 0 amide bonds. The van der Waals surface area contributed by atoms with Crippen LogP contribution in [0, 0.1) is 0 Å². The summed E-state index contributed by atoms with van der Waals surface area (Å²) in [7, 11) is 3.09. The molecule has 0 bridgehead atoms. The first-order valence-corrected chi connectivity index (χ1v) is 10.1. The van der Waals surface area contributed by atoms with Gasteiger partial charge < -0.3 is 24.1 Å². The van der Waals surface area contributed by atoms with Gasteiger partial charge in [0.2, 0.25) is 0 Å². The predicted octanol–water partition coefficient (Wildman–Crippen LogP) is 4.64. The van der Waals surface area contributed by atoms with E-state index in [2.05, 4.69) is 0 Å². The molecule has 0 radical (unpaired) electrons. The number of allylic oxidation sites excluding steroid dienone is 1. The summed E-state index contributed by atoms with van der Waals surface area (Å²) < 4.78 is 21.6. The van der Waals surface area contributed by atoms with Crippen molar-refractivity contribution in [3.63, 3.8) is 0 Å². The molecule has 0 saturated carbocycles. The standard InChI is InChI=1S/C26H24O7/c1-30-22-12-9-18(14-24(22)31-2)8-11-21(27)20-10-13-23(25(15-20)33-17-26(28)29)32-16-19-6-4-3-5-7-19/h3-15H,16-17H2,1-2H3,(H,28,29). The van der Waals surface area contributed by atoms with Crippen molar-refractivity contribution in [3.05, 3.63) is 89.5 Å². The molecule has 0 spiro atoms. The summed E-state index contributed by atoms with van der Waals surface area (Å²) in [6.45, 7) is -0.280. The molecule has 0 aliphatic rings. The molecule has 0 aromatic heterocycles. The van der Waals surface area contributed by atoms with Crippen molar-refractivity contribution in [2.45, 2.75) is 6.61 Å². The molecule has 0 unspecified atom stereocenters. The minimum Gasteiger partial charge on any atom is -0.493 e. The van der Waals surface area contributed by atoms with Gasteiger partial charge in [-0.2, -0.15) is 0 Å². The van der Waals surface area contributed by atoms with Crippen LogP contribution in [0.25, 0.3) is 6.08 Å². The number of benzene rings is 3. The van der Waals surface area contributed by atoms with Crippen LogP contribution in [0.15, 0.2) is 72.8 Å². The molecule has 3 rings (SSSR count). The van der Waals surface area contributed by atoms with Crippen molar-refractivity contribution in [1.82, 2.24) is 0 Å². The maximum atomic E-state index is 12.7. The Balaban J connectivity index is 1.78. The third-order valence-electron chi connectivity index (χ3n) is 4.65. The van der Waals surface area contributed by atoms with Gasteiger partial charge in [-0.15, -0.1) is 0 Å². The quantitative estimate of drug-likeness (QED) is 0.337. The van der Waals surface area contributed by atoms with Crippen molar-refractivity contribution in [2.24, 2.45) is 0 Å². The van der Waals surface area contributed by atoms with E-state index in [1.807, 2.05) is 30.3 Å². The monoisotopic (exact) mass is 448 g/mol. The normalized spacial score (nSPS) is 10.6. The molecule has 0 fully saturated rings. The van der Waals surface area contributed by atoms with E-state index in [4.69, 9.17) is 24.1 Å². The number of carbonyl (C=O) groups excluding carboxylic acids is 1. The predicted molar refractivity (Wildman–Crippen MR) is 123 cm³/mol. The Morgan fingerprint density at radius 3 is 2.24 bits per heavy atom. The number of rotatable bonds is 11. The van der Waals surface area contributed by atoms with E-state index >= 15 is 0 Å². The smallest absolute Gasteiger partial charge is 0.341 e. The van der Waals surface area contributed by atoms with Crippen LogP contribution < -0.4 is 18.9 Å². The third kappa shape index (κ3) is 6.61. The van der Waals surface area contributed by atoms with Gasteiger partial charge in [0.05, 0.1) is 14.2 Å². The van der Waals surface area contributed by atoms with Gasteiger partial charge in [-0.1, -0.05) is 42.5 Å². The number of carboxylic acid groups (broad SMARTS) is 1. The second kappa shape index (κ2) is 11.4. The first-order valence-electron chi connectivity index (χ1n) is 10.1. The number of hydrogen-bond donors (Lipinski definition) is 1. The van der Waals surface area contributed by atoms with E-state index in [-0.39, 0.29) is 18.1 Å². The van der Waals surface area contributed by atoms with Gasteiger partial charge in [0.25, 0.3) is 0 Å². The molecule has 0 aliphatic carbocycles. The van der Waals surface area contributed by atoms with Crippen LogP contribution in [0.4, 0.5) is 0 Å². The highest BCUT2D eigenvalue weighted by Gasteiger charge is 2.12. The summed E-state index contributed by atoms with van der Waals surface area (Å²) in [5, 5.41) is 8.98. The zero-order valence-electron chi connectivity index (χ0n) is 18.3. The molecule has 7 heteroatoms. The zero-order chi connectivity index (χ0) is 23.6. The Labute approximate surface area is 191 Å². The molecule has 33 heavy (non-hydrogen) atoms. The summed E-state index contributed by atoms with van der Waals surface area (Å²) >= 11 is 0. The Kier molecular flexibility index (Phi) is 8.07. The minimum atomic E-state index is -1.13. The maximum Gasteiger partial charge on any atom is 0.341 e. The topological polar surface area (TPSA) is 91.3 Å². The molecule has 3 aromatic rings. The van der Waals surface area contributed by atoms with Crippen molar-refractivity contribution in [3.8, 4) is 23.0 Å². The Morgan fingerprint density at radius 1 is 0.818 bits per heavy atom. The lowest BCUT2D eigenvalue weighted by Gasteiger charge is -2.13. The number of methoxy groups -OCH3 is 2. The Bertz CT molecular complexity index is 1140. The van der Waals surface area contributed by atoms with Crippen LogP contribution in [0.3, 0.4) is 0 Å². The van der Waals surface area contributed by atoms with Gasteiger partial charge in [-0.25, -0.2) is 4.79 Å². The largest absolute Gasteiger partial charge is 0.493 e. The van der Waals surface area contributed by atoms with Gasteiger partial charge >= 0.3 is 5.97 Å². The number of hydrogen-bond acceptors (Lipinski definition) is 6. The minimum absolute atomic E-state index is 0.179. The van der Waals surface area contributed by atoms with Crippen molar-refractivity contribution in [1.29, 1.82) is 0 Å². The van der Waals surface area contributed by atoms with Crippen LogP contribution in [-0.2, 0) is 11.4 Å². The summed E-state index contributed by atoms with van der Waals surface area (Å²) in [5.41, 5.74) is 2.03. The third-order valence-corrected chi connectivity index (χ3v) is 4.65. The molecule has 7 nitrogen and oxygen atoms in total. The van der Waals surface area contributed by atoms with Gasteiger partial charge in [-0.05, 0) is 47.5 Å². The lowest BCUT2D eigenvalue weighted by atomic mass is 10.1. The highest BCUT2D eigenvalue weighted by molar-refractivity contribution is 6.07. The summed E-state index contributed by atoms with van der Waals surface area (Å²) in [5.74, 6) is 0.261. The van der Waals surface area contributed by atoms with Crippen molar-refractivity contribution < 1.29 is 33.6 Å². The zero-order valence-corrected chi connectivity index (χ0v) is 18.3. The van der Waals surface area contributed by atoms with Crippen molar-refractivity contribution in [2.75, 3.05) is 20.8 Å². The second-order valence-corrected chi connectivity index (χ2v) is 6.93. The van der Waals surface area contributed by atoms with Gasteiger partial charge in [0, 0.05) is 5.56 Å². The lowest BCUT2D eigenvalue weighted by molar-refractivity contribution is -0.139. The molecular weight excluding hydrogens is 424 g/mol.